The van der Waals surface area contributed by atoms with E-state index in [9.17, 15) is 4.79 Å². The van der Waals surface area contributed by atoms with Crippen molar-refractivity contribution in [3.05, 3.63) is 18.2 Å². The van der Waals surface area contributed by atoms with Crippen LogP contribution in [0.25, 0.3) is 0 Å². The summed E-state index contributed by atoms with van der Waals surface area (Å²) in [5.74, 6) is 1.70. The van der Waals surface area contributed by atoms with Crippen molar-refractivity contribution in [3.8, 4) is 11.5 Å². The fraction of sp³-hybridized carbons (Fsp3) is 0.667. The first-order valence-corrected chi connectivity index (χ1v) is 10.0. The van der Waals surface area contributed by atoms with Gasteiger partial charge in [-0.25, -0.2) is 0 Å². The van der Waals surface area contributed by atoms with Gasteiger partial charge >= 0.3 is 0 Å². The van der Waals surface area contributed by atoms with Crippen molar-refractivity contribution < 1.29 is 14.3 Å². The summed E-state index contributed by atoms with van der Waals surface area (Å²) in [4.78, 5) is 14.9. The zero-order valence-electron chi connectivity index (χ0n) is 17.4. The fourth-order valence-corrected chi connectivity index (χ4v) is 4.46. The van der Waals surface area contributed by atoms with Gasteiger partial charge in [0.1, 0.15) is 11.5 Å². The smallest absolute Gasteiger partial charge is 0.220 e. The molecule has 1 aromatic rings. The van der Waals surface area contributed by atoms with Gasteiger partial charge in [-0.2, -0.15) is 0 Å². The van der Waals surface area contributed by atoms with Gasteiger partial charge in [0.25, 0.3) is 0 Å². The molecule has 1 aliphatic carbocycles. The Morgan fingerprint density at radius 3 is 2.31 bits per heavy atom. The number of halogens is 2. The summed E-state index contributed by atoms with van der Waals surface area (Å²) in [6.45, 7) is 2.32. The van der Waals surface area contributed by atoms with Gasteiger partial charge in [0.2, 0.25) is 5.91 Å². The van der Waals surface area contributed by atoms with Crippen molar-refractivity contribution in [1.82, 2.24) is 5.32 Å². The van der Waals surface area contributed by atoms with Crippen LogP contribution in [0.1, 0.15) is 44.9 Å². The zero-order valence-corrected chi connectivity index (χ0v) is 19.1. The van der Waals surface area contributed by atoms with Crippen molar-refractivity contribution in [2.45, 2.75) is 51.0 Å². The SMILES string of the molecule is COc1cc(OC)cc(N2CCC(NC(=O)CC3(CN)CCCCC3)C2)c1.Cl.Cl. The second kappa shape index (κ2) is 11.7. The Morgan fingerprint density at radius 2 is 1.76 bits per heavy atom. The van der Waals surface area contributed by atoms with Crippen LogP contribution < -0.4 is 25.4 Å². The summed E-state index contributed by atoms with van der Waals surface area (Å²) in [5, 5.41) is 3.24. The molecule has 8 heteroatoms. The van der Waals surface area contributed by atoms with Gasteiger partial charge in [-0.15, -0.1) is 24.8 Å². The minimum absolute atomic E-state index is 0. The van der Waals surface area contributed by atoms with E-state index in [-0.39, 0.29) is 42.2 Å². The summed E-state index contributed by atoms with van der Waals surface area (Å²) in [6, 6.07) is 6.07. The van der Waals surface area contributed by atoms with E-state index in [0.29, 0.717) is 13.0 Å². The topological polar surface area (TPSA) is 76.8 Å². The third kappa shape index (κ3) is 6.56. The largest absolute Gasteiger partial charge is 0.497 e. The highest BCUT2D eigenvalue weighted by Gasteiger charge is 2.34. The lowest BCUT2D eigenvalue weighted by molar-refractivity contribution is -0.124. The van der Waals surface area contributed by atoms with Gasteiger partial charge in [0.15, 0.2) is 0 Å². The Morgan fingerprint density at radius 1 is 1.14 bits per heavy atom. The molecule has 1 aromatic carbocycles. The van der Waals surface area contributed by atoms with Crippen molar-refractivity contribution >= 4 is 36.4 Å². The number of nitrogens with zero attached hydrogens (tertiary/aromatic N) is 1. The van der Waals surface area contributed by atoms with E-state index in [2.05, 4.69) is 10.2 Å². The van der Waals surface area contributed by atoms with Crippen LogP contribution in [0.3, 0.4) is 0 Å². The van der Waals surface area contributed by atoms with Crippen molar-refractivity contribution in [3.63, 3.8) is 0 Å². The number of nitrogens with two attached hydrogens (primary N) is 1. The fourth-order valence-electron chi connectivity index (χ4n) is 4.46. The average Bonchev–Trinajstić information content (AvgIpc) is 3.16. The molecule has 1 saturated carbocycles. The van der Waals surface area contributed by atoms with Crippen LogP contribution in [0.2, 0.25) is 0 Å². The molecule has 3 N–H and O–H groups in total. The lowest BCUT2D eigenvalue weighted by atomic mass is 9.71. The van der Waals surface area contributed by atoms with Crippen LogP contribution in [0, 0.1) is 5.41 Å². The minimum Gasteiger partial charge on any atom is -0.497 e. The molecule has 166 valence electrons. The first-order chi connectivity index (χ1) is 13.1. The molecule has 0 spiro atoms. The van der Waals surface area contributed by atoms with Crippen molar-refractivity contribution in [2.75, 3.05) is 38.8 Å². The van der Waals surface area contributed by atoms with Gasteiger partial charge in [0, 0.05) is 49.4 Å². The molecule has 0 aromatic heterocycles. The number of amides is 1. The van der Waals surface area contributed by atoms with E-state index in [1.165, 1.54) is 19.3 Å². The van der Waals surface area contributed by atoms with Crippen LogP contribution in [-0.4, -0.2) is 45.8 Å². The number of carbonyl (C=O) groups excluding carboxylic acids is 1. The van der Waals surface area contributed by atoms with Crippen LogP contribution in [0.5, 0.6) is 11.5 Å². The number of anilines is 1. The van der Waals surface area contributed by atoms with Crippen LogP contribution in [0.15, 0.2) is 18.2 Å². The van der Waals surface area contributed by atoms with E-state index in [0.717, 1.165) is 49.5 Å². The van der Waals surface area contributed by atoms with Gasteiger partial charge in [-0.3, -0.25) is 4.79 Å². The van der Waals surface area contributed by atoms with E-state index < -0.39 is 0 Å². The molecule has 3 rings (SSSR count). The standard InChI is InChI=1S/C21H33N3O3.2ClH/c1-26-18-10-17(11-19(12-18)27-2)24-9-6-16(14-24)23-20(25)13-21(15-22)7-4-3-5-8-21;;/h10-12,16H,3-9,13-15,22H2,1-2H3,(H,23,25);2*1H. The molecule has 0 bridgehead atoms. The van der Waals surface area contributed by atoms with Gasteiger partial charge in [0.05, 0.1) is 14.2 Å². The Balaban J connectivity index is 0.00000210. The molecule has 1 amide bonds. The number of rotatable bonds is 7. The van der Waals surface area contributed by atoms with Gasteiger partial charge in [-0.05, 0) is 31.2 Å². The number of nitrogens with one attached hydrogen (secondary N) is 1. The average molecular weight is 448 g/mol. The lowest BCUT2D eigenvalue weighted by Crippen LogP contribution is -2.42. The van der Waals surface area contributed by atoms with Crippen molar-refractivity contribution in [1.29, 1.82) is 0 Å². The second-order valence-electron chi connectivity index (χ2n) is 8.01. The third-order valence-electron chi connectivity index (χ3n) is 6.14. The predicted octanol–water partition coefficient (Wildman–Crippen LogP) is 3.54. The molecule has 1 unspecified atom stereocenters. The summed E-state index contributed by atoms with van der Waals surface area (Å²) < 4.78 is 10.7. The minimum atomic E-state index is 0. The quantitative estimate of drug-likeness (QED) is 0.667. The molecule has 2 fully saturated rings. The molecule has 1 aliphatic heterocycles. The molecule has 6 nitrogen and oxygen atoms in total. The van der Waals surface area contributed by atoms with E-state index >= 15 is 0 Å². The Bertz CT molecular complexity index is 632. The molecule has 1 saturated heterocycles. The highest BCUT2D eigenvalue weighted by Crippen LogP contribution is 2.38. The van der Waals surface area contributed by atoms with Gasteiger partial charge < -0.3 is 25.4 Å². The maximum atomic E-state index is 12.7. The Kier molecular flexibility index (Phi) is 10.4. The maximum absolute atomic E-state index is 12.7. The van der Waals surface area contributed by atoms with E-state index in [4.69, 9.17) is 15.2 Å². The number of carbonyl (C=O) groups is 1. The summed E-state index contributed by atoms with van der Waals surface area (Å²) in [7, 11) is 3.31. The van der Waals surface area contributed by atoms with Gasteiger partial charge in [-0.1, -0.05) is 19.3 Å². The summed E-state index contributed by atoms with van der Waals surface area (Å²) >= 11 is 0. The van der Waals surface area contributed by atoms with E-state index in [1.54, 1.807) is 14.2 Å². The van der Waals surface area contributed by atoms with Crippen LogP contribution >= 0.6 is 24.8 Å². The highest BCUT2D eigenvalue weighted by atomic mass is 35.5. The first kappa shape index (κ1) is 25.7. The molecule has 1 atom stereocenters. The summed E-state index contributed by atoms with van der Waals surface area (Å²) in [5.41, 5.74) is 7.11. The zero-order chi connectivity index (χ0) is 19.3. The third-order valence-corrected chi connectivity index (χ3v) is 6.14. The lowest BCUT2D eigenvalue weighted by Gasteiger charge is -2.36. The predicted molar refractivity (Wildman–Crippen MR) is 122 cm³/mol. The normalized spacial score (nSPS) is 20.2. The maximum Gasteiger partial charge on any atom is 0.220 e. The number of hydrogen-bond acceptors (Lipinski definition) is 5. The van der Waals surface area contributed by atoms with Crippen molar-refractivity contribution in [2.24, 2.45) is 11.1 Å². The molecule has 2 aliphatic rings. The monoisotopic (exact) mass is 447 g/mol. The molecule has 29 heavy (non-hydrogen) atoms. The number of benzene rings is 1. The second-order valence-corrected chi connectivity index (χ2v) is 8.01. The van der Waals surface area contributed by atoms with E-state index in [1.807, 2.05) is 18.2 Å². The number of ether oxygens (including phenoxy) is 2. The summed E-state index contributed by atoms with van der Waals surface area (Å²) in [6.07, 6.45) is 7.33. The molecule has 1 heterocycles. The molecule has 0 radical (unpaired) electrons. The number of methoxy groups -OCH3 is 2. The Hall–Kier alpha value is -1.37. The number of hydrogen-bond donors (Lipinski definition) is 2. The van der Waals surface area contributed by atoms with Crippen LogP contribution in [-0.2, 0) is 4.79 Å². The first-order valence-electron chi connectivity index (χ1n) is 10.0. The highest BCUT2D eigenvalue weighted by molar-refractivity contribution is 5.85. The molecular formula is C21H35Cl2N3O3. The molecular weight excluding hydrogens is 413 g/mol. The van der Waals surface area contributed by atoms with Crippen LogP contribution in [0.4, 0.5) is 5.69 Å². The Labute approximate surface area is 186 Å².